The Morgan fingerprint density at radius 3 is 2.47 bits per heavy atom. The number of amides is 1. The minimum absolute atomic E-state index is 0.0470. The minimum Gasteiger partial charge on any atom is -0.419 e. The van der Waals surface area contributed by atoms with Gasteiger partial charge in [-0.25, -0.2) is 0 Å². The minimum atomic E-state index is -3.98. The second-order valence-electron chi connectivity index (χ2n) is 3.19. The van der Waals surface area contributed by atoms with Crippen molar-refractivity contribution in [1.82, 2.24) is 0 Å². The number of hydrogen-bond donors (Lipinski definition) is 2. The van der Waals surface area contributed by atoms with E-state index in [9.17, 15) is 13.2 Å². The van der Waals surface area contributed by atoms with Crippen molar-refractivity contribution < 1.29 is 26.4 Å². The van der Waals surface area contributed by atoms with Crippen LogP contribution in [0.25, 0.3) is 0 Å². The Hall–Kier alpha value is 0.0400. The number of quaternary nitrogens is 1. The first-order valence-electron chi connectivity index (χ1n) is 3.98. The Kier molecular flexibility index (Phi) is 5.96. The van der Waals surface area contributed by atoms with Crippen LogP contribution in [0, 0.1) is 0 Å². The molecule has 1 amide bonds. The lowest BCUT2D eigenvalue weighted by molar-refractivity contribution is -0.668. The quantitative estimate of drug-likeness (QED) is 0.194. The van der Waals surface area contributed by atoms with Crippen LogP contribution in [0.4, 0.5) is 4.79 Å². The number of carbonyl (C=O) groups excluding carboxylic acids is 1. The molecular weight excluding hydrogens is 262 g/mol. The summed E-state index contributed by atoms with van der Waals surface area (Å²) in [4.78, 5) is 11.3. The number of thiol groups is 1. The fraction of sp³-hybridized carbons (Fsp3) is 0.833. The van der Waals surface area contributed by atoms with E-state index in [0.29, 0.717) is 0 Å². The average molecular weight is 276 g/mol. The molecule has 0 fully saturated rings. The summed E-state index contributed by atoms with van der Waals surface area (Å²) in [5, 5.41) is 0. The summed E-state index contributed by atoms with van der Waals surface area (Å²) in [5.41, 5.74) is 0. The van der Waals surface area contributed by atoms with E-state index >= 15 is 0 Å². The van der Waals surface area contributed by atoms with Crippen LogP contribution in [-0.4, -0.2) is 49.4 Å². The standard InChI is InChI=1S/C6H13NO5S3/c1-7(2,14-13)6(8)12-4-3-5-15(9,10)11/h3-5H2,1-2H3,(H-,9,10,11,13)/p+1. The zero-order valence-electron chi connectivity index (χ0n) is 8.41. The summed E-state index contributed by atoms with van der Waals surface area (Å²) in [6.07, 6.45) is -0.452. The van der Waals surface area contributed by atoms with E-state index in [2.05, 4.69) is 11.7 Å². The van der Waals surface area contributed by atoms with Gasteiger partial charge in [0.1, 0.15) is 0 Å². The average Bonchev–Trinajstić information content (AvgIpc) is 2.10. The van der Waals surface area contributed by atoms with Gasteiger partial charge in [0.25, 0.3) is 10.1 Å². The third-order valence-corrected chi connectivity index (χ3v) is 4.00. The molecule has 0 bridgehead atoms. The van der Waals surface area contributed by atoms with Crippen LogP contribution in [0.5, 0.6) is 0 Å². The third-order valence-electron chi connectivity index (χ3n) is 1.42. The lowest BCUT2D eigenvalue weighted by Crippen LogP contribution is -2.38. The predicted octanol–water partition coefficient (Wildman–Crippen LogP) is 0.970. The number of ether oxygens (including phenoxy) is 1. The van der Waals surface area contributed by atoms with Gasteiger partial charge in [-0.15, -0.1) is 0 Å². The summed E-state index contributed by atoms with van der Waals surface area (Å²) in [6.45, 7) is -0.0470. The molecule has 90 valence electrons. The van der Waals surface area contributed by atoms with Gasteiger partial charge in [0.2, 0.25) is 0 Å². The maximum Gasteiger partial charge on any atom is 0.528 e. The van der Waals surface area contributed by atoms with Gasteiger partial charge in [-0.2, -0.15) is 17.1 Å². The summed E-state index contributed by atoms with van der Waals surface area (Å²) < 4.78 is 33.7. The molecule has 0 radical (unpaired) electrons. The van der Waals surface area contributed by atoms with Crippen LogP contribution < -0.4 is 0 Å². The van der Waals surface area contributed by atoms with Gasteiger partial charge in [0, 0.05) is 0 Å². The van der Waals surface area contributed by atoms with Gasteiger partial charge in [0.15, 0.2) is 11.0 Å². The Morgan fingerprint density at radius 1 is 1.53 bits per heavy atom. The highest BCUT2D eigenvalue weighted by Crippen LogP contribution is 2.21. The zero-order chi connectivity index (χ0) is 12.1. The Bertz CT molecular complexity index is 313. The van der Waals surface area contributed by atoms with Crippen molar-refractivity contribution in [3.8, 4) is 0 Å². The molecule has 0 unspecified atom stereocenters. The van der Waals surface area contributed by atoms with Crippen LogP contribution in [0.15, 0.2) is 0 Å². The highest BCUT2D eigenvalue weighted by atomic mass is 33.1. The molecule has 0 aromatic heterocycles. The van der Waals surface area contributed by atoms with E-state index < -0.39 is 22.0 Å². The first kappa shape index (κ1) is 15.0. The van der Waals surface area contributed by atoms with Crippen molar-refractivity contribution in [1.29, 1.82) is 0 Å². The second-order valence-corrected chi connectivity index (χ2v) is 6.32. The highest BCUT2D eigenvalue weighted by molar-refractivity contribution is 8.66. The molecule has 0 aliphatic heterocycles. The number of rotatable bonds is 5. The van der Waals surface area contributed by atoms with Gasteiger partial charge in [-0.1, -0.05) is 0 Å². The molecule has 0 aliphatic carbocycles. The van der Waals surface area contributed by atoms with Crippen LogP contribution in [0.1, 0.15) is 6.42 Å². The smallest absolute Gasteiger partial charge is 0.419 e. The van der Waals surface area contributed by atoms with Gasteiger partial charge in [-0.05, 0) is 18.1 Å². The maximum atomic E-state index is 11.3. The van der Waals surface area contributed by atoms with Crippen molar-refractivity contribution in [2.75, 3.05) is 26.5 Å². The van der Waals surface area contributed by atoms with Crippen molar-refractivity contribution >= 4 is 38.9 Å². The maximum absolute atomic E-state index is 11.3. The number of carbonyl (C=O) groups is 1. The van der Waals surface area contributed by atoms with E-state index in [1.54, 1.807) is 14.1 Å². The molecule has 15 heavy (non-hydrogen) atoms. The van der Waals surface area contributed by atoms with Crippen molar-refractivity contribution in [3.05, 3.63) is 0 Å². The second kappa shape index (κ2) is 5.94. The molecule has 1 N–H and O–H groups in total. The lowest BCUT2D eigenvalue weighted by atomic mass is 10.5. The van der Waals surface area contributed by atoms with Crippen molar-refractivity contribution in [2.45, 2.75) is 6.42 Å². The molecule has 0 rings (SSSR count). The van der Waals surface area contributed by atoms with Crippen LogP contribution >= 0.6 is 22.6 Å². The molecule has 0 heterocycles. The summed E-state index contributed by atoms with van der Waals surface area (Å²) in [5.74, 6) is -0.415. The molecular formula is C6H14NO5S3+. The topological polar surface area (TPSA) is 80.7 Å². The summed E-state index contributed by atoms with van der Waals surface area (Å²) in [7, 11) is 0.181. The monoisotopic (exact) mass is 276 g/mol. The third kappa shape index (κ3) is 7.01. The van der Waals surface area contributed by atoms with Crippen LogP contribution in [0.3, 0.4) is 0 Å². The van der Waals surface area contributed by atoms with E-state index in [1.165, 1.54) is 0 Å². The normalized spacial score (nSPS) is 12.5. The zero-order valence-corrected chi connectivity index (χ0v) is 10.9. The lowest BCUT2D eigenvalue weighted by Gasteiger charge is -2.19. The largest absolute Gasteiger partial charge is 0.528 e. The van der Waals surface area contributed by atoms with E-state index in [4.69, 9.17) is 9.29 Å². The SMILES string of the molecule is C[N+](C)(SS)C(=O)OCCCS(=O)(=O)O. The van der Waals surface area contributed by atoms with E-state index in [1.807, 2.05) is 0 Å². The molecule has 9 heteroatoms. The first-order chi connectivity index (χ1) is 6.69. The van der Waals surface area contributed by atoms with Gasteiger partial charge < -0.3 is 4.74 Å². The molecule has 0 aromatic carbocycles. The summed E-state index contributed by atoms with van der Waals surface area (Å²) >= 11 is 3.88. The Labute approximate surface area is 98.3 Å². The van der Waals surface area contributed by atoms with Crippen molar-refractivity contribution in [3.63, 3.8) is 0 Å². The molecule has 0 saturated heterocycles. The Morgan fingerprint density at radius 2 is 2.07 bits per heavy atom. The summed E-state index contributed by atoms with van der Waals surface area (Å²) in [6, 6.07) is 0. The first-order valence-corrected chi connectivity index (χ1v) is 7.42. The van der Waals surface area contributed by atoms with Gasteiger partial charge >= 0.3 is 6.09 Å². The molecule has 0 aromatic rings. The van der Waals surface area contributed by atoms with Gasteiger partial charge in [0.05, 0.1) is 26.5 Å². The number of nitrogens with zero attached hydrogens (tertiary/aromatic N) is 1. The Balaban J connectivity index is 3.84. The van der Waals surface area contributed by atoms with Gasteiger partial charge in [-0.3, -0.25) is 4.55 Å². The molecule has 6 nitrogen and oxygen atoms in total. The molecule has 0 aliphatic rings. The predicted molar refractivity (Wildman–Crippen MR) is 61.1 cm³/mol. The fourth-order valence-corrected chi connectivity index (χ4v) is 1.39. The molecule has 0 saturated carbocycles. The van der Waals surface area contributed by atoms with Crippen LogP contribution in [0.2, 0.25) is 0 Å². The molecule has 0 spiro atoms. The van der Waals surface area contributed by atoms with E-state index in [-0.39, 0.29) is 16.9 Å². The van der Waals surface area contributed by atoms with Crippen molar-refractivity contribution in [2.24, 2.45) is 0 Å². The highest BCUT2D eigenvalue weighted by Gasteiger charge is 2.29. The fourth-order valence-electron chi connectivity index (χ4n) is 0.590. The molecule has 0 atom stereocenters. The number of hydrogen-bond acceptors (Lipinski definition) is 6. The van der Waals surface area contributed by atoms with E-state index in [0.717, 1.165) is 11.0 Å². The van der Waals surface area contributed by atoms with Crippen LogP contribution in [-0.2, 0) is 14.9 Å².